The highest BCUT2D eigenvalue weighted by molar-refractivity contribution is 7.22. The van der Waals surface area contributed by atoms with E-state index in [0.29, 0.717) is 17.1 Å². The molecule has 7 heteroatoms. The van der Waals surface area contributed by atoms with Crippen LogP contribution in [0, 0.1) is 0 Å². The molecule has 128 valence electrons. The van der Waals surface area contributed by atoms with Gasteiger partial charge in [0, 0.05) is 38.2 Å². The second-order valence-corrected chi connectivity index (χ2v) is 7.13. The van der Waals surface area contributed by atoms with E-state index in [2.05, 4.69) is 22.2 Å². The minimum atomic E-state index is -0.0229. The lowest BCUT2D eigenvalue weighted by molar-refractivity contribution is -0.116. The molecule has 1 aromatic carbocycles. The van der Waals surface area contributed by atoms with Crippen molar-refractivity contribution < 1.29 is 9.59 Å². The van der Waals surface area contributed by atoms with Crippen molar-refractivity contribution in [2.24, 2.45) is 0 Å². The number of nitrogens with zero attached hydrogens (tertiary/aromatic N) is 3. The first-order valence-corrected chi connectivity index (χ1v) is 9.06. The van der Waals surface area contributed by atoms with E-state index in [1.54, 1.807) is 0 Å². The number of amides is 2. The molecule has 3 rings (SSSR count). The number of aromatic nitrogens is 1. The van der Waals surface area contributed by atoms with Crippen LogP contribution in [0.25, 0.3) is 10.2 Å². The molecule has 6 nitrogen and oxygen atoms in total. The maximum Gasteiger partial charge on any atom is 0.253 e. The summed E-state index contributed by atoms with van der Waals surface area (Å²) in [6.45, 7) is 5.29. The Kier molecular flexibility index (Phi) is 5.11. The zero-order valence-electron chi connectivity index (χ0n) is 14.0. The van der Waals surface area contributed by atoms with Gasteiger partial charge in [-0.25, -0.2) is 4.98 Å². The fourth-order valence-corrected chi connectivity index (χ4v) is 3.63. The summed E-state index contributed by atoms with van der Waals surface area (Å²) in [5.74, 6) is 0.0419. The number of rotatable bonds is 4. The first-order chi connectivity index (χ1) is 11.6. The van der Waals surface area contributed by atoms with Gasteiger partial charge in [-0.2, -0.15) is 0 Å². The largest absolute Gasteiger partial charge is 0.336 e. The van der Waals surface area contributed by atoms with Gasteiger partial charge in [0.2, 0.25) is 5.91 Å². The zero-order valence-corrected chi connectivity index (χ0v) is 14.9. The summed E-state index contributed by atoms with van der Waals surface area (Å²) in [5, 5.41) is 3.41. The number of fused-ring (bicyclic) bond motifs is 1. The molecule has 0 unspecified atom stereocenters. The zero-order chi connectivity index (χ0) is 17.1. The third-order valence-corrected chi connectivity index (χ3v) is 5.08. The molecule has 0 saturated carbocycles. The van der Waals surface area contributed by atoms with Gasteiger partial charge in [0.1, 0.15) is 0 Å². The lowest BCUT2D eigenvalue weighted by atomic mass is 10.1. The highest BCUT2D eigenvalue weighted by Gasteiger charge is 2.21. The van der Waals surface area contributed by atoms with E-state index in [4.69, 9.17) is 0 Å². The minimum absolute atomic E-state index is 0.0229. The van der Waals surface area contributed by atoms with Gasteiger partial charge in [0.25, 0.3) is 5.91 Å². The van der Waals surface area contributed by atoms with Crippen molar-refractivity contribution in [2.75, 3.05) is 38.5 Å². The quantitative estimate of drug-likeness (QED) is 0.923. The van der Waals surface area contributed by atoms with Gasteiger partial charge in [-0.15, -0.1) is 0 Å². The Labute approximate surface area is 145 Å². The molecule has 0 aliphatic carbocycles. The second-order valence-electron chi connectivity index (χ2n) is 6.10. The summed E-state index contributed by atoms with van der Waals surface area (Å²) >= 11 is 1.41. The van der Waals surface area contributed by atoms with Crippen molar-refractivity contribution in [3.05, 3.63) is 23.8 Å². The minimum Gasteiger partial charge on any atom is -0.336 e. The van der Waals surface area contributed by atoms with Crippen LogP contribution in [0.15, 0.2) is 18.2 Å². The van der Waals surface area contributed by atoms with Gasteiger partial charge in [-0.1, -0.05) is 18.3 Å². The van der Waals surface area contributed by atoms with Crippen LogP contribution in [0.2, 0.25) is 0 Å². The number of hydrogen-bond acceptors (Lipinski definition) is 5. The first-order valence-electron chi connectivity index (χ1n) is 8.25. The van der Waals surface area contributed by atoms with Crippen LogP contribution in [0.3, 0.4) is 0 Å². The fraction of sp³-hybridized carbons (Fsp3) is 0.471. The van der Waals surface area contributed by atoms with Crippen molar-refractivity contribution in [2.45, 2.75) is 19.8 Å². The average Bonchev–Trinajstić information content (AvgIpc) is 2.96. The first kappa shape index (κ1) is 16.9. The molecule has 0 bridgehead atoms. The molecule has 1 fully saturated rings. The van der Waals surface area contributed by atoms with Crippen molar-refractivity contribution in [1.29, 1.82) is 0 Å². The fourth-order valence-electron chi connectivity index (χ4n) is 2.71. The van der Waals surface area contributed by atoms with Crippen LogP contribution in [-0.4, -0.2) is 59.8 Å². The smallest absolute Gasteiger partial charge is 0.253 e. The van der Waals surface area contributed by atoms with E-state index in [1.807, 2.05) is 30.0 Å². The SMILES string of the molecule is CCCC(=O)Nc1nc2ccc(C(=O)N3CCN(C)CC3)cc2s1. The van der Waals surface area contributed by atoms with E-state index in [-0.39, 0.29) is 11.8 Å². The summed E-state index contributed by atoms with van der Waals surface area (Å²) in [6.07, 6.45) is 1.30. The Morgan fingerprint density at radius 1 is 1.25 bits per heavy atom. The Hall–Kier alpha value is -1.99. The molecule has 2 amide bonds. The summed E-state index contributed by atoms with van der Waals surface area (Å²) in [5.41, 5.74) is 1.49. The molecule has 0 radical (unpaired) electrons. The maximum absolute atomic E-state index is 12.6. The monoisotopic (exact) mass is 346 g/mol. The maximum atomic E-state index is 12.6. The number of nitrogens with one attached hydrogen (secondary N) is 1. The van der Waals surface area contributed by atoms with E-state index < -0.39 is 0 Å². The van der Waals surface area contributed by atoms with Crippen LogP contribution >= 0.6 is 11.3 Å². The molecule has 24 heavy (non-hydrogen) atoms. The predicted octanol–water partition coefficient (Wildman–Crippen LogP) is 2.42. The van der Waals surface area contributed by atoms with Gasteiger partial charge >= 0.3 is 0 Å². The van der Waals surface area contributed by atoms with E-state index in [9.17, 15) is 9.59 Å². The third-order valence-electron chi connectivity index (χ3n) is 4.15. The van der Waals surface area contributed by atoms with Crippen LogP contribution in [0.4, 0.5) is 5.13 Å². The molecule has 0 spiro atoms. The van der Waals surface area contributed by atoms with Crippen LogP contribution < -0.4 is 5.32 Å². The van der Waals surface area contributed by atoms with Crippen molar-refractivity contribution >= 4 is 38.5 Å². The van der Waals surface area contributed by atoms with Gasteiger partial charge in [0.05, 0.1) is 10.2 Å². The van der Waals surface area contributed by atoms with Gasteiger partial charge < -0.3 is 15.1 Å². The van der Waals surface area contributed by atoms with Crippen LogP contribution in [-0.2, 0) is 4.79 Å². The summed E-state index contributed by atoms with van der Waals surface area (Å²) in [4.78, 5) is 32.9. The molecular weight excluding hydrogens is 324 g/mol. The lowest BCUT2D eigenvalue weighted by Gasteiger charge is -2.32. The van der Waals surface area contributed by atoms with E-state index in [0.717, 1.165) is 42.8 Å². The van der Waals surface area contributed by atoms with Gasteiger partial charge in [-0.3, -0.25) is 9.59 Å². The number of benzene rings is 1. The standard InChI is InChI=1S/C17H22N4O2S/c1-3-4-15(22)19-17-18-13-6-5-12(11-14(13)24-17)16(23)21-9-7-20(2)8-10-21/h5-6,11H,3-4,7-10H2,1-2H3,(H,18,19,22). The number of thiazole rings is 1. The van der Waals surface area contributed by atoms with E-state index in [1.165, 1.54) is 11.3 Å². The third kappa shape index (κ3) is 3.73. The van der Waals surface area contributed by atoms with Crippen molar-refractivity contribution in [3.63, 3.8) is 0 Å². The molecule has 1 aliphatic heterocycles. The molecule has 1 saturated heterocycles. The van der Waals surface area contributed by atoms with Crippen molar-refractivity contribution in [3.8, 4) is 0 Å². The molecule has 0 atom stereocenters. The average molecular weight is 346 g/mol. The van der Waals surface area contributed by atoms with Crippen LogP contribution in [0.5, 0.6) is 0 Å². The second kappa shape index (κ2) is 7.27. The predicted molar refractivity (Wildman–Crippen MR) is 96.6 cm³/mol. The van der Waals surface area contributed by atoms with Gasteiger partial charge in [-0.05, 0) is 31.7 Å². The number of carbonyl (C=O) groups excluding carboxylic acids is 2. The van der Waals surface area contributed by atoms with Gasteiger partial charge in [0.15, 0.2) is 5.13 Å². The highest BCUT2D eigenvalue weighted by atomic mass is 32.1. The Morgan fingerprint density at radius 2 is 2.00 bits per heavy atom. The number of hydrogen-bond donors (Lipinski definition) is 1. The lowest BCUT2D eigenvalue weighted by Crippen LogP contribution is -2.47. The molecule has 1 aromatic heterocycles. The summed E-state index contributed by atoms with van der Waals surface area (Å²) < 4.78 is 0.918. The van der Waals surface area contributed by atoms with Crippen molar-refractivity contribution in [1.82, 2.24) is 14.8 Å². The topological polar surface area (TPSA) is 65.5 Å². The number of piperazine rings is 1. The molecule has 2 heterocycles. The Bertz CT molecular complexity index is 750. The molecule has 2 aromatic rings. The number of anilines is 1. The number of likely N-dealkylation sites (N-methyl/N-ethyl adjacent to an activating group) is 1. The molecule has 1 aliphatic rings. The highest BCUT2D eigenvalue weighted by Crippen LogP contribution is 2.27. The van der Waals surface area contributed by atoms with Crippen LogP contribution in [0.1, 0.15) is 30.1 Å². The Balaban J connectivity index is 1.75. The Morgan fingerprint density at radius 3 is 2.71 bits per heavy atom. The number of carbonyl (C=O) groups is 2. The van der Waals surface area contributed by atoms with E-state index >= 15 is 0 Å². The normalized spacial score (nSPS) is 15.7. The molecule has 1 N–H and O–H groups in total. The summed E-state index contributed by atoms with van der Waals surface area (Å²) in [6, 6.07) is 5.55. The summed E-state index contributed by atoms with van der Waals surface area (Å²) in [7, 11) is 2.07. The molecular formula is C17H22N4O2S.